The second-order valence-corrected chi connectivity index (χ2v) is 5.39. The summed E-state index contributed by atoms with van der Waals surface area (Å²) in [6, 6.07) is 0.628. The first kappa shape index (κ1) is 14.8. The first-order valence-corrected chi connectivity index (χ1v) is 6.51. The quantitative estimate of drug-likeness (QED) is 0.349. The first-order valence-electron chi connectivity index (χ1n) is 6.51. The van der Waals surface area contributed by atoms with Crippen molar-refractivity contribution in [3.05, 3.63) is 24.4 Å². The van der Waals surface area contributed by atoms with Crippen molar-refractivity contribution in [2.45, 2.75) is 26.3 Å². The number of allylic oxidation sites excluding steroid dienone is 2. The fourth-order valence-electron chi connectivity index (χ4n) is 2.10. The van der Waals surface area contributed by atoms with Crippen molar-refractivity contribution in [1.82, 2.24) is 9.80 Å². The van der Waals surface area contributed by atoms with Crippen LogP contribution in [0.15, 0.2) is 29.5 Å². The van der Waals surface area contributed by atoms with Gasteiger partial charge in [0.15, 0.2) is 0 Å². The highest BCUT2D eigenvalue weighted by Gasteiger charge is 2.23. The zero-order chi connectivity index (χ0) is 13.7. The van der Waals surface area contributed by atoms with Gasteiger partial charge in [-0.3, -0.25) is 0 Å². The third kappa shape index (κ3) is 3.88. The Morgan fingerprint density at radius 2 is 2.11 bits per heavy atom. The van der Waals surface area contributed by atoms with Gasteiger partial charge in [0.05, 0.1) is 5.71 Å². The molecule has 1 aliphatic heterocycles. The van der Waals surface area contributed by atoms with Gasteiger partial charge in [-0.2, -0.15) is 5.10 Å². The van der Waals surface area contributed by atoms with E-state index in [-0.39, 0.29) is 0 Å². The van der Waals surface area contributed by atoms with Crippen LogP contribution in [-0.2, 0) is 0 Å². The predicted molar refractivity (Wildman–Crippen MR) is 78.4 cm³/mol. The van der Waals surface area contributed by atoms with Crippen molar-refractivity contribution in [3.63, 3.8) is 0 Å². The fourth-order valence-corrected chi connectivity index (χ4v) is 2.10. The summed E-state index contributed by atoms with van der Waals surface area (Å²) in [5, 5.41) is 3.79. The summed E-state index contributed by atoms with van der Waals surface area (Å²) in [5.41, 5.74) is 1.95. The van der Waals surface area contributed by atoms with E-state index in [9.17, 15) is 0 Å². The van der Waals surface area contributed by atoms with E-state index >= 15 is 0 Å². The topological polar surface area (TPSA) is 44.9 Å². The molecule has 1 rings (SSSR count). The third-order valence-electron chi connectivity index (χ3n) is 3.49. The molecule has 4 nitrogen and oxygen atoms in total. The number of likely N-dealkylation sites (N-methyl/N-ethyl adjacent to an activating group) is 1. The maximum atomic E-state index is 5.36. The zero-order valence-electron chi connectivity index (χ0n) is 12.1. The molecule has 0 aromatic rings. The van der Waals surface area contributed by atoms with Crippen LogP contribution >= 0.6 is 0 Å². The number of nitrogens with two attached hydrogens (primary N) is 1. The van der Waals surface area contributed by atoms with Crippen LogP contribution in [-0.4, -0.2) is 48.7 Å². The number of hydrogen-bond acceptors (Lipinski definition) is 4. The smallest absolute Gasteiger partial charge is 0.0626 e. The molecular weight excluding hydrogens is 224 g/mol. The van der Waals surface area contributed by atoms with Crippen LogP contribution < -0.4 is 5.84 Å². The van der Waals surface area contributed by atoms with Crippen molar-refractivity contribution < 1.29 is 0 Å². The Bertz CT molecular complexity index is 342. The van der Waals surface area contributed by atoms with E-state index in [0.29, 0.717) is 12.0 Å². The highest BCUT2D eigenvalue weighted by atomic mass is 15.2. The molecule has 1 unspecified atom stereocenters. The van der Waals surface area contributed by atoms with Crippen molar-refractivity contribution >= 4 is 5.71 Å². The van der Waals surface area contributed by atoms with Gasteiger partial charge in [-0.05, 0) is 38.6 Å². The van der Waals surface area contributed by atoms with Crippen molar-refractivity contribution in [3.8, 4) is 0 Å². The second kappa shape index (κ2) is 6.59. The minimum absolute atomic E-state index is 0.340. The Hall–Kier alpha value is -1.29. The van der Waals surface area contributed by atoms with Gasteiger partial charge in [0, 0.05) is 24.8 Å². The average molecular weight is 250 g/mol. The summed E-state index contributed by atoms with van der Waals surface area (Å²) in [6.45, 7) is 10.4. The number of rotatable bonds is 5. The molecule has 1 atom stereocenters. The maximum Gasteiger partial charge on any atom is 0.0626 e. The second-order valence-electron chi connectivity index (χ2n) is 5.39. The zero-order valence-corrected chi connectivity index (χ0v) is 12.1. The Morgan fingerprint density at radius 3 is 2.56 bits per heavy atom. The van der Waals surface area contributed by atoms with Gasteiger partial charge in [0.2, 0.25) is 0 Å². The summed E-state index contributed by atoms with van der Waals surface area (Å²) < 4.78 is 0. The van der Waals surface area contributed by atoms with E-state index in [1.54, 1.807) is 0 Å². The minimum atomic E-state index is 0.340. The van der Waals surface area contributed by atoms with Gasteiger partial charge in [0.1, 0.15) is 0 Å². The molecule has 102 valence electrons. The molecular formula is C14H26N4. The number of likely N-dealkylation sites (tertiary alicyclic amines) is 1. The lowest BCUT2D eigenvalue weighted by Gasteiger charge is -2.22. The van der Waals surface area contributed by atoms with Gasteiger partial charge in [-0.25, -0.2) is 0 Å². The molecule has 0 aromatic carbocycles. The van der Waals surface area contributed by atoms with Crippen LogP contribution in [0.2, 0.25) is 0 Å². The molecule has 0 radical (unpaired) electrons. The number of hydrogen-bond donors (Lipinski definition) is 1. The van der Waals surface area contributed by atoms with Crippen LogP contribution in [0.1, 0.15) is 20.3 Å². The molecule has 1 aliphatic rings. The van der Waals surface area contributed by atoms with E-state index in [1.165, 1.54) is 6.42 Å². The lowest BCUT2D eigenvalue weighted by Crippen LogP contribution is -2.30. The molecule has 0 saturated carbocycles. The predicted octanol–water partition coefficient (Wildman–Crippen LogP) is 1.66. The molecule has 2 N–H and O–H groups in total. The van der Waals surface area contributed by atoms with Crippen LogP contribution in [0.3, 0.4) is 0 Å². The van der Waals surface area contributed by atoms with Gasteiger partial charge < -0.3 is 15.6 Å². The summed E-state index contributed by atoms with van der Waals surface area (Å²) in [4.78, 5) is 4.59. The fraction of sp³-hybridized carbons (Fsp3) is 0.643. The van der Waals surface area contributed by atoms with Gasteiger partial charge >= 0.3 is 0 Å². The molecule has 1 heterocycles. The molecule has 1 saturated heterocycles. The first-order chi connectivity index (χ1) is 8.45. The third-order valence-corrected chi connectivity index (χ3v) is 3.49. The van der Waals surface area contributed by atoms with E-state index in [1.807, 2.05) is 12.2 Å². The molecule has 4 heteroatoms. The summed E-state index contributed by atoms with van der Waals surface area (Å²) >= 11 is 0. The highest BCUT2D eigenvalue weighted by Crippen LogP contribution is 2.18. The van der Waals surface area contributed by atoms with Crippen LogP contribution in [0.4, 0.5) is 0 Å². The van der Waals surface area contributed by atoms with E-state index < -0.39 is 0 Å². The minimum Gasteiger partial charge on any atom is -0.370 e. The number of hydrazone groups is 1. The molecule has 0 aromatic heterocycles. The number of nitrogens with zero attached hydrogens (tertiary/aromatic N) is 3. The van der Waals surface area contributed by atoms with Gasteiger partial charge in [-0.15, -0.1) is 0 Å². The maximum absolute atomic E-state index is 5.36. The molecule has 0 aliphatic carbocycles. The summed E-state index contributed by atoms with van der Waals surface area (Å²) in [7, 11) is 4.26. The van der Waals surface area contributed by atoms with E-state index in [4.69, 9.17) is 5.84 Å². The largest absolute Gasteiger partial charge is 0.370 e. The van der Waals surface area contributed by atoms with Crippen molar-refractivity contribution in [2.75, 3.05) is 27.2 Å². The average Bonchev–Trinajstić information content (AvgIpc) is 2.78. The standard InChI is InChI=1S/C14H26N4/c1-11(2)14(16-15)7-6-12(3)18-9-8-13(10-18)17(4)5/h6-7,11,13H,3,8-10,15H2,1-2,4-5H3/b7-6-,16-14+. The highest BCUT2D eigenvalue weighted by molar-refractivity contribution is 5.96. The summed E-state index contributed by atoms with van der Waals surface area (Å²) in [6.07, 6.45) is 5.18. The monoisotopic (exact) mass is 250 g/mol. The molecule has 0 amide bonds. The summed E-state index contributed by atoms with van der Waals surface area (Å²) in [5.74, 6) is 5.70. The van der Waals surface area contributed by atoms with Crippen LogP contribution in [0.25, 0.3) is 0 Å². The normalized spacial score (nSPS) is 21.6. The van der Waals surface area contributed by atoms with E-state index in [2.05, 4.69) is 49.4 Å². The van der Waals surface area contributed by atoms with Crippen molar-refractivity contribution in [2.24, 2.45) is 16.9 Å². The Morgan fingerprint density at radius 1 is 1.44 bits per heavy atom. The molecule has 0 spiro atoms. The Labute approximate surface area is 111 Å². The van der Waals surface area contributed by atoms with E-state index in [0.717, 1.165) is 24.5 Å². The SMILES string of the molecule is C=C(/C=C\C(=N/N)C(C)C)N1CCC(N(C)C)C1. The lowest BCUT2D eigenvalue weighted by molar-refractivity contribution is 0.293. The van der Waals surface area contributed by atoms with Crippen molar-refractivity contribution in [1.29, 1.82) is 0 Å². The Balaban J connectivity index is 2.55. The lowest BCUT2D eigenvalue weighted by atomic mass is 10.1. The van der Waals surface area contributed by atoms with Crippen LogP contribution in [0, 0.1) is 5.92 Å². The van der Waals surface area contributed by atoms with Crippen LogP contribution in [0.5, 0.6) is 0 Å². The molecule has 1 fully saturated rings. The Kier molecular flexibility index (Phi) is 5.41. The van der Waals surface area contributed by atoms with Gasteiger partial charge in [0.25, 0.3) is 0 Å². The molecule has 0 bridgehead atoms. The molecule has 18 heavy (non-hydrogen) atoms. The van der Waals surface area contributed by atoms with Gasteiger partial charge in [-0.1, -0.05) is 20.4 Å².